The van der Waals surface area contributed by atoms with Crippen molar-refractivity contribution in [3.63, 3.8) is 0 Å². The van der Waals surface area contributed by atoms with Gasteiger partial charge in [0.25, 0.3) is 0 Å². The molecule has 2 aromatic carbocycles. The van der Waals surface area contributed by atoms with Gasteiger partial charge in [0, 0.05) is 24.2 Å². The maximum Gasteiger partial charge on any atom is 0.123 e. The third kappa shape index (κ3) is 3.02. The minimum Gasteiger partial charge on any atom is -0.508 e. The van der Waals surface area contributed by atoms with Crippen LogP contribution in [0.1, 0.15) is 24.1 Å². The van der Waals surface area contributed by atoms with Crippen molar-refractivity contribution in [2.45, 2.75) is 19.5 Å². The van der Waals surface area contributed by atoms with Gasteiger partial charge in [-0.3, -0.25) is 0 Å². The highest BCUT2D eigenvalue weighted by molar-refractivity contribution is 5.38. The Morgan fingerprint density at radius 3 is 2.44 bits per heavy atom. The monoisotopic (exact) mass is 243 g/mol. The Hall–Kier alpha value is -2.00. The van der Waals surface area contributed by atoms with E-state index in [4.69, 9.17) is 0 Å². The van der Waals surface area contributed by atoms with Crippen LogP contribution >= 0.6 is 0 Å². The van der Waals surface area contributed by atoms with Crippen LogP contribution in [0.3, 0.4) is 0 Å². The lowest BCUT2D eigenvalue weighted by atomic mass is 10.1. The minimum atomic E-state index is 0.0763. The largest absolute Gasteiger partial charge is 0.508 e. The Morgan fingerprint density at radius 1 is 1.06 bits per heavy atom. The fraction of sp³-hybridized carbons (Fsp3) is 0.200. The number of hydrogen-bond donors (Lipinski definition) is 3. The van der Waals surface area contributed by atoms with Gasteiger partial charge in [-0.1, -0.05) is 36.4 Å². The molecule has 0 aliphatic rings. The van der Waals surface area contributed by atoms with E-state index in [1.54, 1.807) is 12.1 Å². The Balaban J connectivity index is 1.99. The number of phenolic OH excluding ortho intramolecular Hbond substituents is 2. The van der Waals surface area contributed by atoms with E-state index in [1.165, 1.54) is 11.6 Å². The van der Waals surface area contributed by atoms with Crippen LogP contribution in [-0.2, 0) is 6.54 Å². The molecule has 1 atom stereocenters. The summed E-state index contributed by atoms with van der Waals surface area (Å²) in [5.74, 6) is 0.190. The molecule has 0 spiro atoms. The SMILES string of the molecule is CC(NCc1ccc(O)cc1O)c1ccccc1. The maximum absolute atomic E-state index is 9.67. The molecule has 0 aliphatic heterocycles. The Morgan fingerprint density at radius 2 is 1.78 bits per heavy atom. The first-order valence-corrected chi connectivity index (χ1v) is 5.96. The molecule has 0 aliphatic carbocycles. The molecule has 0 fully saturated rings. The van der Waals surface area contributed by atoms with Gasteiger partial charge in [0.15, 0.2) is 0 Å². The summed E-state index contributed by atoms with van der Waals surface area (Å²) in [5, 5.41) is 22.2. The zero-order valence-electron chi connectivity index (χ0n) is 10.3. The summed E-state index contributed by atoms with van der Waals surface area (Å²) in [6.07, 6.45) is 0. The van der Waals surface area contributed by atoms with Gasteiger partial charge >= 0.3 is 0 Å². The van der Waals surface area contributed by atoms with Crippen LogP contribution in [-0.4, -0.2) is 10.2 Å². The van der Waals surface area contributed by atoms with Crippen LogP contribution in [0.15, 0.2) is 48.5 Å². The minimum absolute atomic E-state index is 0.0763. The standard InChI is InChI=1S/C15H17NO2/c1-11(12-5-3-2-4-6-12)16-10-13-7-8-14(17)9-15(13)18/h2-9,11,16-18H,10H2,1H3. The molecule has 0 aromatic heterocycles. The van der Waals surface area contributed by atoms with E-state index in [-0.39, 0.29) is 17.5 Å². The van der Waals surface area contributed by atoms with Crippen molar-refractivity contribution in [3.05, 3.63) is 59.7 Å². The van der Waals surface area contributed by atoms with Gasteiger partial charge in [-0.25, -0.2) is 0 Å². The van der Waals surface area contributed by atoms with Crippen LogP contribution in [0.4, 0.5) is 0 Å². The molecule has 0 amide bonds. The van der Waals surface area contributed by atoms with E-state index >= 15 is 0 Å². The second-order valence-electron chi connectivity index (χ2n) is 4.33. The van der Waals surface area contributed by atoms with Gasteiger partial charge < -0.3 is 15.5 Å². The highest BCUT2D eigenvalue weighted by Gasteiger charge is 2.06. The highest BCUT2D eigenvalue weighted by atomic mass is 16.3. The van der Waals surface area contributed by atoms with Gasteiger partial charge in [0.2, 0.25) is 0 Å². The summed E-state index contributed by atoms with van der Waals surface area (Å²) in [7, 11) is 0. The predicted octanol–water partition coefficient (Wildman–Crippen LogP) is 2.95. The second kappa shape index (κ2) is 5.56. The number of rotatable bonds is 4. The average Bonchev–Trinajstić information content (AvgIpc) is 2.38. The summed E-state index contributed by atoms with van der Waals surface area (Å²) < 4.78 is 0. The lowest BCUT2D eigenvalue weighted by molar-refractivity contribution is 0.441. The normalized spacial score (nSPS) is 12.3. The lowest BCUT2D eigenvalue weighted by Gasteiger charge is -2.14. The number of aromatic hydroxyl groups is 2. The fourth-order valence-corrected chi connectivity index (χ4v) is 1.82. The number of phenols is 2. The van der Waals surface area contributed by atoms with Gasteiger partial charge in [0.05, 0.1) is 0 Å². The predicted molar refractivity (Wildman–Crippen MR) is 71.5 cm³/mol. The quantitative estimate of drug-likeness (QED) is 0.773. The smallest absolute Gasteiger partial charge is 0.123 e. The summed E-state index contributed by atoms with van der Waals surface area (Å²) in [6, 6.07) is 15.0. The summed E-state index contributed by atoms with van der Waals surface area (Å²) in [4.78, 5) is 0. The highest BCUT2D eigenvalue weighted by Crippen LogP contribution is 2.23. The molecule has 2 aromatic rings. The van der Waals surface area contributed by atoms with Crippen molar-refractivity contribution in [2.24, 2.45) is 0 Å². The Kier molecular flexibility index (Phi) is 3.85. The van der Waals surface area contributed by atoms with Crippen molar-refractivity contribution in [3.8, 4) is 11.5 Å². The van der Waals surface area contributed by atoms with Crippen LogP contribution in [0.5, 0.6) is 11.5 Å². The molecule has 0 bridgehead atoms. The molecule has 2 rings (SSSR count). The molecule has 94 valence electrons. The zero-order valence-corrected chi connectivity index (χ0v) is 10.3. The van der Waals surface area contributed by atoms with E-state index < -0.39 is 0 Å². The van der Waals surface area contributed by atoms with Gasteiger partial charge in [-0.05, 0) is 18.6 Å². The van der Waals surface area contributed by atoms with Crippen molar-refractivity contribution < 1.29 is 10.2 Å². The Bertz CT molecular complexity index is 511. The molecule has 3 heteroatoms. The van der Waals surface area contributed by atoms with E-state index in [0.29, 0.717) is 6.54 Å². The summed E-state index contributed by atoms with van der Waals surface area (Å²) in [6.45, 7) is 2.63. The topological polar surface area (TPSA) is 52.5 Å². The molecule has 18 heavy (non-hydrogen) atoms. The van der Waals surface area contributed by atoms with Gasteiger partial charge in [-0.15, -0.1) is 0 Å². The summed E-state index contributed by atoms with van der Waals surface area (Å²) in [5.41, 5.74) is 1.98. The molecule has 0 radical (unpaired) electrons. The summed E-state index contributed by atoms with van der Waals surface area (Å²) >= 11 is 0. The molecule has 3 N–H and O–H groups in total. The first-order valence-electron chi connectivity index (χ1n) is 5.96. The first kappa shape index (κ1) is 12.5. The molecule has 1 unspecified atom stereocenters. The molecular weight excluding hydrogens is 226 g/mol. The van der Waals surface area contributed by atoms with Crippen LogP contribution in [0.2, 0.25) is 0 Å². The molecule has 0 saturated carbocycles. The molecule has 0 saturated heterocycles. The zero-order chi connectivity index (χ0) is 13.0. The van der Waals surface area contributed by atoms with Crippen molar-refractivity contribution in [2.75, 3.05) is 0 Å². The number of nitrogens with one attached hydrogen (secondary N) is 1. The fourth-order valence-electron chi connectivity index (χ4n) is 1.82. The Labute approximate surface area is 107 Å². The molecule has 0 heterocycles. The van der Waals surface area contributed by atoms with E-state index in [2.05, 4.69) is 24.4 Å². The third-order valence-corrected chi connectivity index (χ3v) is 2.97. The van der Waals surface area contributed by atoms with Gasteiger partial charge in [-0.2, -0.15) is 0 Å². The average molecular weight is 243 g/mol. The lowest BCUT2D eigenvalue weighted by Crippen LogP contribution is -2.17. The third-order valence-electron chi connectivity index (χ3n) is 2.97. The molecule has 3 nitrogen and oxygen atoms in total. The van der Waals surface area contributed by atoms with Crippen molar-refractivity contribution in [1.82, 2.24) is 5.32 Å². The van der Waals surface area contributed by atoms with Crippen LogP contribution in [0, 0.1) is 0 Å². The van der Waals surface area contributed by atoms with Crippen molar-refractivity contribution in [1.29, 1.82) is 0 Å². The van der Waals surface area contributed by atoms with Crippen LogP contribution in [0.25, 0.3) is 0 Å². The number of benzene rings is 2. The van der Waals surface area contributed by atoms with Gasteiger partial charge in [0.1, 0.15) is 11.5 Å². The van der Waals surface area contributed by atoms with E-state index in [1.807, 2.05) is 18.2 Å². The van der Waals surface area contributed by atoms with E-state index in [9.17, 15) is 10.2 Å². The first-order chi connectivity index (χ1) is 8.66. The molecular formula is C15H17NO2. The maximum atomic E-state index is 9.67. The second-order valence-corrected chi connectivity index (χ2v) is 4.33. The van der Waals surface area contributed by atoms with Crippen LogP contribution < -0.4 is 5.32 Å². The van der Waals surface area contributed by atoms with Crippen molar-refractivity contribution >= 4 is 0 Å². The van der Waals surface area contributed by atoms with E-state index in [0.717, 1.165) is 5.56 Å². The number of hydrogen-bond acceptors (Lipinski definition) is 3.